The van der Waals surface area contributed by atoms with Crippen molar-refractivity contribution >= 4 is 6.09 Å². The summed E-state index contributed by atoms with van der Waals surface area (Å²) in [6, 6.07) is 9.77. The van der Waals surface area contributed by atoms with E-state index >= 15 is 0 Å². The molecule has 0 spiro atoms. The Morgan fingerprint density at radius 3 is 2.79 bits per heavy atom. The Balaban J connectivity index is 2.00. The molecule has 1 unspecified atom stereocenters. The first kappa shape index (κ1) is 14.9. The fraction of sp³-hybridized carbons (Fsp3) is 0.316. The third-order valence-corrected chi connectivity index (χ3v) is 5.05. The Morgan fingerprint density at radius 2 is 2.04 bits per heavy atom. The van der Waals surface area contributed by atoms with Crippen molar-refractivity contribution in [2.24, 2.45) is 0 Å². The van der Waals surface area contributed by atoms with Crippen LogP contribution in [0.4, 0.5) is 4.79 Å². The van der Waals surface area contributed by atoms with Crippen LogP contribution in [0.1, 0.15) is 22.7 Å². The van der Waals surface area contributed by atoms with Crippen LogP contribution in [0.25, 0.3) is 11.1 Å². The van der Waals surface area contributed by atoms with Gasteiger partial charge in [0.25, 0.3) is 0 Å². The molecule has 4 rings (SSSR count). The molecular formula is C19H19NO4. The van der Waals surface area contributed by atoms with E-state index in [-0.39, 0.29) is 17.9 Å². The van der Waals surface area contributed by atoms with Crippen LogP contribution >= 0.6 is 0 Å². The lowest BCUT2D eigenvalue weighted by atomic mass is 9.76. The minimum absolute atomic E-state index is 0.122. The van der Waals surface area contributed by atoms with Crippen molar-refractivity contribution in [3.63, 3.8) is 0 Å². The van der Waals surface area contributed by atoms with Crippen molar-refractivity contribution in [2.45, 2.75) is 18.9 Å². The molecule has 5 nitrogen and oxygen atoms in total. The maximum absolute atomic E-state index is 12.2. The highest BCUT2D eigenvalue weighted by Crippen LogP contribution is 2.52. The lowest BCUT2D eigenvalue weighted by molar-refractivity contribution is 0.100. The Hall–Kier alpha value is -2.69. The van der Waals surface area contributed by atoms with Crippen LogP contribution in [0.2, 0.25) is 0 Å². The molecule has 5 heteroatoms. The maximum Gasteiger partial charge on any atom is 0.410 e. The van der Waals surface area contributed by atoms with Gasteiger partial charge in [-0.05, 0) is 41.2 Å². The number of methoxy groups -OCH3 is 2. The first-order valence-corrected chi connectivity index (χ1v) is 8.01. The van der Waals surface area contributed by atoms with Crippen LogP contribution in [0.5, 0.6) is 11.5 Å². The van der Waals surface area contributed by atoms with Crippen molar-refractivity contribution in [2.75, 3.05) is 20.8 Å². The van der Waals surface area contributed by atoms with Crippen LogP contribution < -0.4 is 4.74 Å². The largest absolute Gasteiger partial charge is 0.504 e. The van der Waals surface area contributed by atoms with Crippen molar-refractivity contribution in [1.29, 1.82) is 0 Å². The third-order valence-electron chi connectivity index (χ3n) is 5.05. The Bertz CT molecular complexity index is 830. The zero-order valence-corrected chi connectivity index (χ0v) is 13.7. The van der Waals surface area contributed by atoms with Crippen LogP contribution in [0.15, 0.2) is 30.3 Å². The van der Waals surface area contributed by atoms with Gasteiger partial charge in [-0.1, -0.05) is 24.3 Å². The molecule has 0 radical (unpaired) electrons. The van der Waals surface area contributed by atoms with Gasteiger partial charge in [-0.15, -0.1) is 0 Å². The summed E-state index contributed by atoms with van der Waals surface area (Å²) in [6.45, 7) is 0.597. The molecule has 1 aliphatic carbocycles. The number of carbonyl (C=O) groups excluding carboxylic acids is 1. The van der Waals surface area contributed by atoms with E-state index in [9.17, 15) is 9.90 Å². The fourth-order valence-electron chi connectivity index (χ4n) is 3.98. The molecule has 2 aliphatic rings. The van der Waals surface area contributed by atoms with Gasteiger partial charge in [0.1, 0.15) is 0 Å². The number of ether oxygens (including phenoxy) is 2. The van der Waals surface area contributed by atoms with E-state index in [1.165, 1.54) is 7.11 Å². The SMILES string of the molecule is COC(=O)N1CCc2cc(OC)c(O)c3c2C1Cc1ccccc1-3. The first-order valence-electron chi connectivity index (χ1n) is 8.01. The molecule has 1 aliphatic heterocycles. The monoisotopic (exact) mass is 325 g/mol. The van der Waals surface area contributed by atoms with Gasteiger partial charge in [0.2, 0.25) is 0 Å². The second-order valence-electron chi connectivity index (χ2n) is 6.17. The lowest BCUT2D eigenvalue weighted by Crippen LogP contribution is -2.42. The number of rotatable bonds is 1. The molecular weight excluding hydrogens is 306 g/mol. The highest BCUT2D eigenvalue weighted by Gasteiger charge is 2.39. The van der Waals surface area contributed by atoms with Gasteiger partial charge in [-0.3, -0.25) is 0 Å². The molecule has 0 bridgehead atoms. The van der Waals surface area contributed by atoms with E-state index in [4.69, 9.17) is 9.47 Å². The van der Waals surface area contributed by atoms with Gasteiger partial charge in [-0.25, -0.2) is 4.79 Å². The maximum atomic E-state index is 12.2. The average molecular weight is 325 g/mol. The molecule has 2 aromatic carbocycles. The summed E-state index contributed by atoms with van der Waals surface area (Å²) in [5.74, 6) is 0.617. The molecule has 1 atom stereocenters. The van der Waals surface area contributed by atoms with Gasteiger partial charge in [-0.2, -0.15) is 0 Å². The molecule has 1 N–H and O–H groups in total. The standard InChI is InChI=1S/C19H19NO4/c1-23-15-10-12-7-8-20(19(22)24-2)14-9-11-5-3-4-6-13(11)17(16(12)14)18(15)21/h3-6,10,14,21H,7-9H2,1-2H3. The molecule has 0 saturated heterocycles. The number of amides is 1. The number of aromatic hydroxyl groups is 1. The van der Waals surface area contributed by atoms with Gasteiger partial charge >= 0.3 is 6.09 Å². The number of phenolic OH excluding ortho intramolecular Hbond substituents is 1. The number of carbonyl (C=O) groups is 1. The summed E-state index contributed by atoms with van der Waals surface area (Å²) in [4.78, 5) is 14.0. The van der Waals surface area contributed by atoms with Crippen LogP contribution in [0, 0.1) is 0 Å². The predicted molar refractivity (Wildman–Crippen MR) is 89.4 cm³/mol. The van der Waals surface area contributed by atoms with E-state index in [0.717, 1.165) is 34.2 Å². The zero-order chi connectivity index (χ0) is 16.8. The van der Waals surface area contributed by atoms with Crippen molar-refractivity contribution in [3.05, 3.63) is 47.0 Å². The van der Waals surface area contributed by atoms with E-state index in [2.05, 4.69) is 0 Å². The van der Waals surface area contributed by atoms with Gasteiger partial charge in [0.05, 0.1) is 20.3 Å². The van der Waals surface area contributed by atoms with Gasteiger partial charge in [0.15, 0.2) is 11.5 Å². The summed E-state index contributed by atoms with van der Waals surface area (Å²) >= 11 is 0. The summed E-state index contributed by atoms with van der Waals surface area (Å²) in [7, 11) is 2.96. The number of benzene rings is 2. The molecule has 0 saturated carbocycles. The van der Waals surface area contributed by atoms with E-state index in [0.29, 0.717) is 18.7 Å². The molecule has 2 aromatic rings. The quantitative estimate of drug-likeness (QED) is 0.874. The first-order chi connectivity index (χ1) is 11.7. The number of phenols is 1. The van der Waals surface area contributed by atoms with Gasteiger partial charge < -0.3 is 19.5 Å². The number of nitrogens with zero attached hydrogens (tertiary/aromatic N) is 1. The fourth-order valence-corrected chi connectivity index (χ4v) is 3.98. The smallest absolute Gasteiger partial charge is 0.410 e. The topological polar surface area (TPSA) is 59.0 Å². The highest BCUT2D eigenvalue weighted by atomic mass is 16.5. The minimum atomic E-state index is -0.328. The van der Waals surface area contributed by atoms with E-state index in [1.807, 2.05) is 30.3 Å². The van der Waals surface area contributed by atoms with Gasteiger partial charge in [0, 0.05) is 12.1 Å². The Kier molecular flexibility index (Phi) is 3.37. The molecule has 1 amide bonds. The second-order valence-corrected chi connectivity index (χ2v) is 6.17. The highest BCUT2D eigenvalue weighted by molar-refractivity contribution is 5.84. The number of fused-ring (bicyclic) bond motifs is 2. The zero-order valence-electron chi connectivity index (χ0n) is 13.7. The average Bonchev–Trinajstić information content (AvgIpc) is 2.62. The summed E-state index contributed by atoms with van der Waals surface area (Å²) in [5, 5.41) is 10.8. The summed E-state index contributed by atoms with van der Waals surface area (Å²) < 4.78 is 10.3. The predicted octanol–water partition coefficient (Wildman–Crippen LogP) is 3.29. The van der Waals surface area contributed by atoms with Crippen molar-refractivity contribution in [1.82, 2.24) is 4.90 Å². The Morgan fingerprint density at radius 1 is 1.25 bits per heavy atom. The lowest BCUT2D eigenvalue weighted by Gasteiger charge is -2.41. The summed E-state index contributed by atoms with van der Waals surface area (Å²) in [6.07, 6.45) is 1.11. The number of hydrogen-bond acceptors (Lipinski definition) is 4. The molecule has 24 heavy (non-hydrogen) atoms. The number of hydrogen-bond donors (Lipinski definition) is 1. The molecule has 0 fully saturated rings. The summed E-state index contributed by atoms with van der Waals surface area (Å²) in [5.41, 5.74) is 5.04. The third kappa shape index (κ3) is 1.97. The normalized spacial score (nSPS) is 17.8. The second kappa shape index (κ2) is 5.44. The van der Waals surface area contributed by atoms with Crippen LogP contribution in [0.3, 0.4) is 0 Å². The van der Waals surface area contributed by atoms with E-state index in [1.54, 1.807) is 12.0 Å². The van der Waals surface area contributed by atoms with Crippen LogP contribution in [-0.4, -0.2) is 36.9 Å². The molecule has 124 valence electrons. The van der Waals surface area contributed by atoms with E-state index < -0.39 is 0 Å². The minimum Gasteiger partial charge on any atom is -0.504 e. The molecule has 1 heterocycles. The van der Waals surface area contributed by atoms with Crippen LogP contribution in [-0.2, 0) is 17.6 Å². The van der Waals surface area contributed by atoms with Crippen molar-refractivity contribution < 1.29 is 19.4 Å². The molecule has 0 aromatic heterocycles. The van der Waals surface area contributed by atoms with Crippen molar-refractivity contribution in [3.8, 4) is 22.6 Å². The Labute approximate surface area is 140 Å².